The molecule has 55 valence electrons. The average molecular weight is 148 g/mol. The van der Waals surface area contributed by atoms with Crippen LogP contribution in [0.2, 0.25) is 0 Å². The van der Waals surface area contributed by atoms with Crippen LogP contribution in [-0.4, -0.2) is 5.88 Å². The molecule has 0 aromatic carbocycles. The third-order valence-electron chi connectivity index (χ3n) is 1.33. The van der Waals surface area contributed by atoms with E-state index in [1.165, 1.54) is 32.1 Å². The van der Waals surface area contributed by atoms with E-state index in [4.69, 9.17) is 11.6 Å². The predicted molar refractivity (Wildman–Crippen MR) is 43.8 cm³/mol. The number of hydrogen-bond donors (Lipinski definition) is 0. The molecule has 0 aromatic rings. The summed E-state index contributed by atoms with van der Waals surface area (Å²) in [6.45, 7) is 2.18. The van der Waals surface area contributed by atoms with Gasteiger partial charge in [-0.1, -0.05) is 32.6 Å². The quantitative estimate of drug-likeness (QED) is 0.399. The van der Waals surface area contributed by atoms with Crippen molar-refractivity contribution in [1.82, 2.24) is 0 Å². The summed E-state index contributed by atoms with van der Waals surface area (Å²) < 4.78 is 0. The molecule has 0 aliphatic heterocycles. The van der Waals surface area contributed by atoms with Crippen LogP contribution in [-0.2, 0) is 0 Å². The van der Waals surface area contributed by atoms with E-state index in [9.17, 15) is 0 Å². The highest BCUT2D eigenvalue weighted by Crippen LogP contribution is 2.03. The summed E-state index contributed by atoms with van der Waals surface area (Å²) in [5.41, 5.74) is 0. The Balaban J connectivity index is 2.60. The topological polar surface area (TPSA) is 0 Å². The SMILES string of the molecule is CC[CH]CCCCCCl. The predicted octanol–water partition coefficient (Wildman–Crippen LogP) is 3.40. The van der Waals surface area contributed by atoms with Gasteiger partial charge in [0.1, 0.15) is 0 Å². The van der Waals surface area contributed by atoms with Crippen molar-refractivity contribution in [3.8, 4) is 0 Å². The first-order valence-electron chi connectivity index (χ1n) is 3.79. The van der Waals surface area contributed by atoms with Gasteiger partial charge in [0.25, 0.3) is 0 Å². The van der Waals surface area contributed by atoms with E-state index >= 15 is 0 Å². The minimum absolute atomic E-state index is 0.826. The summed E-state index contributed by atoms with van der Waals surface area (Å²) in [4.78, 5) is 0. The third-order valence-corrected chi connectivity index (χ3v) is 1.60. The molecule has 0 saturated heterocycles. The second-order valence-electron chi connectivity index (χ2n) is 2.24. The summed E-state index contributed by atoms with van der Waals surface area (Å²) in [6.07, 6.45) is 8.60. The summed E-state index contributed by atoms with van der Waals surface area (Å²) in [6, 6.07) is 0. The van der Waals surface area contributed by atoms with Crippen LogP contribution in [0.5, 0.6) is 0 Å². The minimum atomic E-state index is 0.826. The normalized spacial score (nSPS) is 10.0. The van der Waals surface area contributed by atoms with E-state index in [2.05, 4.69) is 13.3 Å². The van der Waals surface area contributed by atoms with Gasteiger partial charge in [-0.05, 0) is 12.8 Å². The van der Waals surface area contributed by atoms with Crippen molar-refractivity contribution in [3.63, 3.8) is 0 Å². The molecule has 0 saturated carbocycles. The molecule has 0 nitrogen and oxygen atoms in total. The number of halogens is 1. The maximum Gasteiger partial charge on any atom is 0.0223 e. The molecule has 0 N–H and O–H groups in total. The van der Waals surface area contributed by atoms with Gasteiger partial charge in [-0.2, -0.15) is 0 Å². The largest absolute Gasteiger partial charge is 0.127 e. The van der Waals surface area contributed by atoms with E-state index in [-0.39, 0.29) is 0 Å². The Bertz CT molecular complexity index is 37.8. The zero-order chi connectivity index (χ0) is 6.95. The van der Waals surface area contributed by atoms with Crippen molar-refractivity contribution in [1.29, 1.82) is 0 Å². The van der Waals surface area contributed by atoms with E-state index in [0.29, 0.717) is 0 Å². The second kappa shape index (κ2) is 8.29. The van der Waals surface area contributed by atoms with Gasteiger partial charge in [-0.25, -0.2) is 0 Å². The molecule has 0 aliphatic carbocycles. The van der Waals surface area contributed by atoms with Gasteiger partial charge in [-0.3, -0.25) is 0 Å². The lowest BCUT2D eigenvalue weighted by molar-refractivity contribution is 0.701. The smallest absolute Gasteiger partial charge is 0.0223 e. The Hall–Kier alpha value is 0.290. The van der Waals surface area contributed by atoms with Crippen molar-refractivity contribution < 1.29 is 0 Å². The molecule has 0 rings (SSSR count). The maximum absolute atomic E-state index is 5.50. The van der Waals surface area contributed by atoms with Crippen LogP contribution in [0.4, 0.5) is 0 Å². The lowest BCUT2D eigenvalue weighted by atomic mass is 10.1. The van der Waals surface area contributed by atoms with Crippen LogP contribution in [0.15, 0.2) is 0 Å². The van der Waals surface area contributed by atoms with Crippen molar-refractivity contribution in [2.45, 2.75) is 39.0 Å². The van der Waals surface area contributed by atoms with E-state index in [0.717, 1.165) is 5.88 Å². The van der Waals surface area contributed by atoms with Gasteiger partial charge < -0.3 is 0 Å². The molecule has 0 amide bonds. The molecule has 0 fully saturated rings. The second-order valence-corrected chi connectivity index (χ2v) is 2.61. The minimum Gasteiger partial charge on any atom is -0.127 e. The fourth-order valence-corrected chi connectivity index (χ4v) is 0.953. The van der Waals surface area contributed by atoms with Crippen molar-refractivity contribution in [2.24, 2.45) is 0 Å². The molecular weight excluding hydrogens is 132 g/mol. The first kappa shape index (κ1) is 9.29. The standard InChI is InChI=1S/C8H16Cl/c1-2-3-4-5-6-7-8-9/h3H,2,4-8H2,1H3. The summed E-state index contributed by atoms with van der Waals surface area (Å²) in [5, 5.41) is 0. The molecule has 0 spiro atoms. The number of alkyl halides is 1. The Morgan fingerprint density at radius 2 is 2.00 bits per heavy atom. The van der Waals surface area contributed by atoms with E-state index in [1.54, 1.807) is 0 Å². The highest BCUT2D eigenvalue weighted by atomic mass is 35.5. The zero-order valence-corrected chi connectivity index (χ0v) is 6.95. The van der Waals surface area contributed by atoms with E-state index in [1.807, 2.05) is 0 Å². The van der Waals surface area contributed by atoms with Gasteiger partial charge in [0, 0.05) is 5.88 Å². The zero-order valence-electron chi connectivity index (χ0n) is 6.20. The highest BCUT2D eigenvalue weighted by molar-refractivity contribution is 6.17. The molecule has 0 heterocycles. The molecular formula is C8H16Cl. The van der Waals surface area contributed by atoms with Gasteiger partial charge in [-0.15, -0.1) is 11.6 Å². The van der Waals surface area contributed by atoms with Crippen LogP contribution in [0.25, 0.3) is 0 Å². The summed E-state index contributed by atoms with van der Waals surface area (Å²) in [5.74, 6) is 0.826. The van der Waals surface area contributed by atoms with Gasteiger partial charge in [0.05, 0.1) is 0 Å². The Kier molecular flexibility index (Phi) is 8.56. The highest BCUT2D eigenvalue weighted by Gasteiger charge is 1.86. The van der Waals surface area contributed by atoms with Gasteiger partial charge >= 0.3 is 0 Å². The molecule has 0 atom stereocenters. The van der Waals surface area contributed by atoms with Crippen molar-refractivity contribution >= 4 is 11.6 Å². The van der Waals surface area contributed by atoms with Crippen LogP contribution in [0.1, 0.15) is 39.0 Å². The number of hydrogen-bond acceptors (Lipinski definition) is 0. The first-order valence-corrected chi connectivity index (χ1v) is 4.33. The molecule has 0 aromatic heterocycles. The Labute approximate surface area is 63.6 Å². The summed E-state index contributed by atoms with van der Waals surface area (Å²) in [7, 11) is 0. The number of unbranched alkanes of at least 4 members (excludes halogenated alkanes) is 5. The molecule has 0 bridgehead atoms. The lowest BCUT2D eigenvalue weighted by Gasteiger charge is -1.95. The maximum atomic E-state index is 5.50. The van der Waals surface area contributed by atoms with Gasteiger partial charge in [0.15, 0.2) is 0 Å². The molecule has 9 heavy (non-hydrogen) atoms. The molecule has 0 aliphatic rings. The van der Waals surface area contributed by atoms with Gasteiger partial charge in [0.2, 0.25) is 0 Å². The first-order chi connectivity index (χ1) is 4.41. The fourth-order valence-electron chi connectivity index (χ4n) is 0.764. The van der Waals surface area contributed by atoms with Crippen molar-refractivity contribution in [2.75, 3.05) is 5.88 Å². The fraction of sp³-hybridized carbons (Fsp3) is 0.875. The Morgan fingerprint density at radius 1 is 1.22 bits per heavy atom. The third kappa shape index (κ3) is 8.29. The molecule has 0 unspecified atom stereocenters. The monoisotopic (exact) mass is 147 g/mol. The van der Waals surface area contributed by atoms with Crippen LogP contribution in [0.3, 0.4) is 0 Å². The van der Waals surface area contributed by atoms with E-state index < -0.39 is 0 Å². The van der Waals surface area contributed by atoms with Crippen LogP contribution < -0.4 is 0 Å². The molecule has 1 heteroatoms. The Morgan fingerprint density at radius 3 is 2.56 bits per heavy atom. The number of rotatable bonds is 6. The van der Waals surface area contributed by atoms with Crippen molar-refractivity contribution in [3.05, 3.63) is 6.42 Å². The lowest BCUT2D eigenvalue weighted by Crippen LogP contribution is -1.79. The molecule has 1 radical (unpaired) electrons. The summed E-state index contributed by atoms with van der Waals surface area (Å²) >= 11 is 5.50. The van der Waals surface area contributed by atoms with Crippen LogP contribution >= 0.6 is 11.6 Å². The average Bonchev–Trinajstić information content (AvgIpc) is 1.89. The van der Waals surface area contributed by atoms with Crippen LogP contribution in [0, 0.1) is 6.42 Å².